The number of fused-ring (bicyclic) bond motifs is 3. The van der Waals surface area contributed by atoms with Crippen molar-refractivity contribution in [3.63, 3.8) is 0 Å². The molecule has 2 aliphatic rings. The molecule has 5 rings (SSSR count). The number of piperidine rings is 1. The summed E-state index contributed by atoms with van der Waals surface area (Å²) >= 11 is 0. The summed E-state index contributed by atoms with van der Waals surface area (Å²) in [6, 6.07) is 12.9. The maximum Gasteiger partial charge on any atom is 0.204 e. The van der Waals surface area contributed by atoms with Crippen molar-refractivity contribution in [2.24, 2.45) is 4.99 Å². The van der Waals surface area contributed by atoms with Gasteiger partial charge in [0.15, 0.2) is 11.5 Å². The van der Waals surface area contributed by atoms with E-state index in [0.29, 0.717) is 18.3 Å². The fourth-order valence-corrected chi connectivity index (χ4v) is 5.45. The normalized spacial score (nSPS) is 19.2. The number of benzene rings is 2. The first-order chi connectivity index (χ1) is 18.1. The molecule has 0 unspecified atom stereocenters. The summed E-state index contributed by atoms with van der Waals surface area (Å²) in [5.74, 6) is 2.55. The summed E-state index contributed by atoms with van der Waals surface area (Å²) in [5, 5.41) is 13.1. The first-order valence-corrected chi connectivity index (χ1v) is 13.6. The van der Waals surface area contributed by atoms with Crippen LogP contribution >= 0.6 is 0 Å². The molecule has 2 aliphatic heterocycles. The third-order valence-electron chi connectivity index (χ3n) is 7.45. The summed E-state index contributed by atoms with van der Waals surface area (Å²) < 4.78 is 11.7. The van der Waals surface area contributed by atoms with E-state index in [0.717, 1.165) is 66.4 Å². The first-order valence-electron chi connectivity index (χ1n) is 13.6. The number of aliphatic imine (C=N–C) groups is 1. The molecule has 1 aromatic heterocycles. The molecule has 37 heavy (non-hydrogen) atoms. The molecule has 2 atom stereocenters. The number of tetrazole rings is 1. The SMILES string of the molecule is CCCCCCn1nnc(-c2ccc(C3=N[C@@H]4CCN(C)C[C@@H]4c4cc(OCC)c(OC)cc43)cc2)n1. The zero-order chi connectivity index (χ0) is 25.8. The van der Waals surface area contributed by atoms with E-state index in [9.17, 15) is 0 Å². The van der Waals surface area contributed by atoms with E-state index in [4.69, 9.17) is 14.5 Å². The van der Waals surface area contributed by atoms with Gasteiger partial charge in [0.2, 0.25) is 5.82 Å². The van der Waals surface area contributed by atoms with E-state index in [1.54, 1.807) is 11.9 Å². The molecule has 0 saturated carbocycles. The Morgan fingerprint density at radius 1 is 1.00 bits per heavy atom. The molecule has 0 radical (unpaired) electrons. The van der Waals surface area contributed by atoms with Crippen LogP contribution in [0.5, 0.6) is 11.5 Å². The Balaban J connectivity index is 1.44. The van der Waals surface area contributed by atoms with Crippen LogP contribution in [0.1, 0.15) is 68.6 Å². The third kappa shape index (κ3) is 5.39. The number of hydrogen-bond donors (Lipinski definition) is 0. The summed E-state index contributed by atoms with van der Waals surface area (Å²) in [6.07, 6.45) is 5.78. The Kier molecular flexibility index (Phi) is 7.84. The Morgan fingerprint density at radius 3 is 2.57 bits per heavy atom. The number of nitrogens with zero attached hydrogens (tertiary/aromatic N) is 6. The maximum absolute atomic E-state index is 5.94. The quantitative estimate of drug-likeness (QED) is 0.365. The fourth-order valence-electron chi connectivity index (χ4n) is 5.45. The van der Waals surface area contributed by atoms with Crippen molar-refractivity contribution in [2.75, 3.05) is 33.9 Å². The summed E-state index contributed by atoms with van der Waals surface area (Å²) in [6.45, 7) is 7.68. The predicted molar refractivity (Wildman–Crippen MR) is 146 cm³/mol. The van der Waals surface area contributed by atoms with Crippen LogP contribution in [0.2, 0.25) is 0 Å². The van der Waals surface area contributed by atoms with Crippen LogP contribution in [-0.2, 0) is 6.54 Å². The molecule has 0 N–H and O–H groups in total. The van der Waals surface area contributed by atoms with E-state index in [-0.39, 0.29) is 6.04 Å². The lowest BCUT2D eigenvalue weighted by molar-refractivity contribution is 0.226. The van der Waals surface area contributed by atoms with E-state index < -0.39 is 0 Å². The molecule has 196 valence electrons. The number of aryl methyl sites for hydroxylation is 1. The van der Waals surface area contributed by atoms with Gasteiger partial charge in [-0.25, -0.2) is 0 Å². The van der Waals surface area contributed by atoms with Crippen molar-refractivity contribution in [3.8, 4) is 22.9 Å². The lowest BCUT2D eigenvalue weighted by atomic mass is 9.79. The number of rotatable bonds is 10. The van der Waals surface area contributed by atoms with Gasteiger partial charge in [-0.15, -0.1) is 10.2 Å². The van der Waals surface area contributed by atoms with Crippen molar-refractivity contribution < 1.29 is 9.47 Å². The molecular weight excluding hydrogens is 464 g/mol. The first kappa shape index (κ1) is 25.4. The van der Waals surface area contributed by atoms with Crippen LogP contribution in [0.3, 0.4) is 0 Å². The van der Waals surface area contributed by atoms with Gasteiger partial charge >= 0.3 is 0 Å². The average molecular weight is 503 g/mol. The molecule has 2 aromatic carbocycles. The largest absolute Gasteiger partial charge is 0.493 e. The fraction of sp³-hybridized carbons (Fsp3) is 0.517. The number of unbranched alkanes of at least 4 members (excludes halogenated alkanes) is 3. The van der Waals surface area contributed by atoms with Crippen LogP contribution in [-0.4, -0.2) is 70.7 Å². The van der Waals surface area contributed by atoms with Gasteiger partial charge in [0, 0.05) is 29.2 Å². The minimum atomic E-state index is 0.260. The van der Waals surface area contributed by atoms with Crippen LogP contribution in [0.25, 0.3) is 11.4 Å². The number of likely N-dealkylation sites (N-methyl/N-ethyl adjacent to an activating group) is 1. The van der Waals surface area contributed by atoms with Gasteiger partial charge in [-0.2, -0.15) is 4.80 Å². The predicted octanol–water partition coefficient (Wildman–Crippen LogP) is 4.97. The number of methoxy groups -OCH3 is 1. The molecule has 3 aromatic rings. The molecule has 0 bridgehead atoms. The van der Waals surface area contributed by atoms with E-state index in [1.807, 2.05) is 6.92 Å². The number of hydrogen-bond acceptors (Lipinski definition) is 7. The Labute approximate surface area is 219 Å². The number of aromatic nitrogens is 4. The lowest BCUT2D eigenvalue weighted by Crippen LogP contribution is -2.41. The minimum absolute atomic E-state index is 0.260. The highest BCUT2D eigenvalue weighted by molar-refractivity contribution is 6.15. The summed E-state index contributed by atoms with van der Waals surface area (Å²) in [4.78, 5) is 9.41. The van der Waals surface area contributed by atoms with E-state index >= 15 is 0 Å². The highest BCUT2D eigenvalue weighted by Gasteiger charge is 2.36. The van der Waals surface area contributed by atoms with Gasteiger partial charge in [0.25, 0.3) is 0 Å². The van der Waals surface area contributed by atoms with Gasteiger partial charge in [-0.05, 0) is 56.3 Å². The molecule has 8 heteroatoms. The minimum Gasteiger partial charge on any atom is -0.493 e. The third-order valence-corrected chi connectivity index (χ3v) is 7.45. The molecular formula is C29H38N6O2. The smallest absolute Gasteiger partial charge is 0.204 e. The molecule has 8 nitrogen and oxygen atoms in total. The highest BCUT2D eigenvalue weighted by Crippen LogP contribution is 2.42. The Morgan fingerprint density at radius 2 is 1.81 bits per heavy atom. The monoisotopic (exact) mass is 502 g/mol. The molecule has 0 aliphatic carbocycles. The summed E-state index contributed by atoms with van der Waals surface area (Å²) in [5.41, 5.74) is 5.48. The van der Waals surface area contributed by atoms with Crippen molar-refractivity contribution in [2.45, 2.75) is 64.5 Å². The van der Waals surface area contributed by atoms with Gasteiger partial charge in [-0.3, -0.25) is 4.99 Å². The molecule has 0 amide bonds. The standard InChI is InChI=1S/C29H38N6O2/c1-5-7-8-9-15-35-32-29(31-33-35)21-12-10-20(11-13-21)28-23-18-26(36-4)27(37-6-2)17-22(23)24-19-34(3)16-14-25(24)30-28/h10-13,17-18,24-25H,5-9,14-16,19H2,1-4H3/t24-,25-/m1/s1. The van der Waals surface area contributed by atoms with Gasteiger partial charge < -0.3 is 14.4 Å². The van der Waals surface area contributed by atoms with Gasteiger partial charge in [0.05, 0.1) is 32.0 Å². The van der Waals surface area contributed by atoms with Crippen molar-refractivity contribution in [1.29, 1.82) is 0 Å². The zero-order valence-electron chi connectivity index (χ0n) is 22.5. The molecule has 3 heterocycles. The van der Waals surface area contributed by atoms with Gasteiger partial charge in [0.1, 0.15) is 0 Å². The van der Waals surface area contributed by atoms with Crippen LogP contribution in [0.15, 0.2) is 41.4 Å². The molecule has 0 spiro atoms. The van der Waals surface area contributed by atoms with Crippen LogP contribution in [0.4, 0.5) is 0 Å². The van der Waals surface area contributed by atoms with Crippen molar-refractivity contribution in [3.05, 3.63) is 53.1 Å². The van der Waals surface area contributed by atoms with E-state index in [1.165, 1.54) is 24.8 Å². The second-order valence-corrected chi connectivity index (χ2v) is 10.1. The second-order valence-electron chi connectivity index (χ2n) is 10.1. The number of ether oxygens (including phenoxy) is 2. The molecule has 1 saturated heterocycles. The topological polar surface area (TPSA) is 77.7 Å². The van der Waals surface area contributed by atoms with Crippen molar-refractivity contribution in [1.82, 2.24) is 25.1 Å². The Bertz CT molecular complexity index is 1240. The average Bonchev–Trinajstić information content (AvgIpc) is 3.40. The second kappa shape index (κ2) is 11.4. The van der Waals surface area contributed by atoms with Gasteiger partial charge in [-0.1, -0.05) is 50.5 Å². The maximum atomic E-state index is 5.94. The lowest BCUT2D eigenvalue weighted by Gasteiger charge is -2.39. The summed E-state index contributed by atoms with van der Waals surface area (Å²) in [7, 11) is 3.89. The molecule has 1 fully saturated rings. The van der Waals surface area contributed by atoms with Crippen LogP contribution < -0.4 is 9.47 Å². The van der Waals surface area contributed by atoms with E-state index in [2.05, 4.69) is 70.7 Å². The number of likely N-dealkylation sites (tertiary alicyclic amines) is 1. The highest BCUT2D eigenvalue weighted by atomic mass is 16.5. The zero-order valence-corrected chi connectivity index (χ0v) is 22.5. The van der Waals surface area contributed by atoms with Crippen LogP contribution in [0, 0.1) is 0 Å². The van der Waals surface area contributed by atoms with Crippen molar-refractivity contribution >= 4 is 5.71 Å². The Hall–Kier alpha value is -3.26.